The van der Waals surface area contributed by atoms with Gasteiger partial charge in [-0.25, -0.2) is 4.98 Å². The molecule has 5 heteroatoms. The number of hydrogen-bond acceptors (Lipinski definition) is 4. The number of nitrogens with zero attached hydrogens (tertiary/aromatic N) is 2. The highest BCUT2D eigenvalue weighted by atomic mass is 16.5. The lowest BCUT2D eigenvalue weighted by molar-refractivity contribution is -0.140. The van der Waals surface area contributed by atoms with Crippen LogP contribution in [0, 0.1) is 0 Å². The van der Waals surface area contributed by atoms with Crippen LogP contribution in [0.15, 0.2) is 18.3 Å². The van der Waals surface area contributed by atoms with Crippen LogP contribution in [0.1, 0.15) is 18.4 Å². The SMILES string of the molecule is O=C(O)C1(c2ccc(N3CCOCC3)nc2)CC1. The van der Waals surface area contributed by atoms with E-state index in [1.165, 1.54) is 0 Å². The summed E-state index contributed by atoms with van der Waals surface area (Å²) in [7, 11) is 0. The van der Waals surface area contributed by atoms with Gasteiger partial charge in [0, 0.05) is 19.3 Å². The number of morpholine rings is 1. The summed E-state index contributed by atoms with van der Waals surface area (Å²) in [4.78, 5) is 17.8. The van der Waals surface area contributed by atoms with Gasteiger partial charge in [0.2, 0.25) is 0 Å². The minimum atomic E-state index is -0.733. The van der Waals surface area contributed by atoms with Crippen molar-refractivity contribution in [2.24, 2.45) is 0 Å². The number of anilines is 1. The van der Waals surface area contributed by atoms with Crippen molar-refractivity contribution in [1.82, 2.24) is 4.98 Å². The Morgan fingerprint density at radius 1 is 1.33 bits per heavy atom. The molecule has 0 bridgehead atoms. The van der Waals surface area contributed by atoms with Crippen molar-refractivity contribution in [2.75, 3.05) is 31.2 Å². The monoisotopic (exact) mass is 248 g/mol. The maximum absolute atomic E-state index is 11.2. The van der Waals surface area contributed by atoms with E-state index in [1.807, 2.05) is 12.1 Å². The normalized spacial score (nSPS) is 21.7. The fourth-order valence-corrected chi connectivity index (χ4v) is 2.40. The Labute approximate surface area is 105 Å². The number of aromatic nitrogens is 1. The average Bonchev–Trinajstić information content (AvgIpc) is 3.22. The molecule has 1 N–H and O–H groups in total. The van der Waals surface area contributed by atoms with E-state index in [2.05, 4.69) is 9.88 Å². The summed E-state index contributed by atoms with van der Waals surface area (Å²) in [5.74, 6) is 0.173. The molecule has 1 aliphatic heterocycles. The molecule has 5 nitrogen and oxygen atoms in total. The zero-order valence-corrected chi connectivity index (χ0v) is 10.1. The van der Waals surface area contributed by atoms with Gasteiger partial charge in [0.15, 0.2) is 0 Å². The van der Waals surface area contributed by atoms with E-state index in [1.54, 1.807) is 6.20 Å². The summed E-state index contributed by atoms with van der Waals surface area (Å²) < 4.78 is 5.29. The number of pyridine rings is 1. The molecule has 1 aliphatic carbocycles. The molecule has 1 aromatic rings. The molecule has 2 heterocycles. The zero-order valence-electron chi connectivity index (χ0n) is 10.1. The highest BCUT2D eigenvalue weighted by Crippen LogP contribution is 2.48. The van der Waals surface area contributed by atoms with Crippen molar-refractivity contribution in [3.8, 4) is 0 Å². The van der Waals surface area contributed by atoms with E-state index >= 15 is 0 Å². The molecule has 2 aliphatic rings. The van der Waals surface area contributed by atoms with E-state index in [-0.39, 0.29) is 0 Å². The Hall–Kier alpha value is -1.62. The number of rotatable bonds is 3. The zero-order chi connectivity index (χ0) is 12.6. The Morgan fingerprint density at radius 2 is 2.06 bits per heavy atom. The summed E-state index contributed by atoms with van der Waals surface area (Å²) in [5, 5.41) is 9.22. The second-order valence-electron chi connectivity index (χ2n) is 4.89. The lowest BCUT2D eigenvalue weighted by Gasteiger charge is -2.28. The molecule has 3 rings (SSSR count). The Kier molecular flexibility index (Phi) is 2.70. The van der Waals surface area contributed by atoms with Crippen molar-refractivity contribution in [1.29, 1.82) is 0 Å². The average molecular weight is 248 g/mol. The number of carboxylic acid groups (broad SMARTS) is 1. The van der Waals surface area contributed by atoms with E-state index in [4.69, 9.17) is 4.74 Å². The summed E-state index contributed by atoms with van der Waals surface area (Å²) in [6, 6.07) is 3.82. The highest BCUT2D eigenvalue weighted by molar-refractivity contribution is 5.84. The third-order valence-electron chi connectivity index (χ3n) is 3.79. The largest absolute Gasteiger partial charge is 0.481 e. The fourth-order valence-electron chi connectivity index (χ4n) is 2.40. The summed E-state index contributed by atoms with van der Waals surface area (Å²) in [5.41, 5.74) is 0.170. The van der Waals surface area contributed by atoms with Crippen molar-refractivity contribution < 1.29 is 14.6 Å². The minimum Gasteiger partial charge on any atom is -0.481 e. The number of aliphatic carboxylic acids is 1. The molecular formula is C13H16N2O3. The van der Waals surface area contributed by atoms with Gasteiger partial charge in [-0.3, -0.25) is 4.79 Å². The van der Waals surface area contributed by atoms with Gasteiger partial charge in [0.1, 0.15) is 5.82 Å². The standard InChI is InChI=1S/C13H16N2O3/c16-12(17)13(3-4-13)10-1-2-11(14-9-10)15-5-7-18-8-6-15/h1-2,9H,3-8H2,(H,16,17). The third kappa shape index (κ3) is 1.84. The molecule has 0 radical (unpaired) electrons. The van der Waals surface area contributed by atoms with Gasteiger partial charge in [-0.05, 0) is 24.5 Å². The van der Waals surface area contributed by atoms with Crippen LogP contribution in [0.5, 0.6) is 0 Å². The van der Waals surface area contributed by atoms with Gasteiger partial charge >= 0.3 is 5.97 Å². The maximum Gasteiger partial charge on any atom is 0.314 e. The molecule has 1 saturated heterocycles. The molecule has 0 aromatic carbocycles. The molecule has 1 aromatic heterocycles. The van der Waals surface area contributed by atoms with Crippen molar-refractivity contribution in [3.05, 3.63) is 23.9 Å². The van der Waals surface area contributed by atoms with Crippen LogP contribution >= 0.6 is 0 Å². The summed E-state index contributed by atoms with van der Waals surface area (Å²) in [6.45, 7) is 3.14. The van der Waals surface area contributed by atoms with Crippen LogP contribution in [-0.4, -0.2) is 42.4 Å². The first-order chi connectivity index (χ1) is 8.72. The molecular weight excluding hydrogens is 232 g/mol. The van der Waals surface area contributed by atoms with Gasteiger partial charge in [-0.15, -0.1) is 0 Å². The number of carboxylic acids is 1. The van der Waals surface area contributed by atoms with Gasteiger partial charge in [0.05, 0.1) is 18.6 Å². The predicted molar refractivity (Wildman–Crippen MR) is 65.8 cm³/mol. The molecule has 2 fully saturated rings. The van der Waals surface area contributed by atoms with E-state index < -0.39 is 11.4 Å². The molecule has 0 atom stereocenters. The van der Waals surface area contributed by atoms with E-state index in [0.717, 1.165) is 50.5 Å². The number of ether oxygens (including phenoxy) is 1. The topological polar surface area (TPSA) is 62.7 Å². The van der Waals surface area contributed by atoms with E-state index in [0.29, 0.717) is 0 Å². The first-order valence-corrected chi connectivity index (χ1v) is 6.25. The van der Waals surface area contributed by atoms with Crippen LogP contribution in [0.4, 0.5) is 5.82 Å². The molecule has 96 valence electrons. The predicted octanol–water partition coefficient (Wildman–Crippen LogP) is 1.03. The smallest absolute Gasteiger partial charge is 0.314 e. The van der Waals surface area contributed by atoms with E-state index in [9.17, 15) is 9.90 Å². The molecule has 1 saturated carbocycles. The molecule has 18 heavy (non-hydrogen) atoms. The minimum absolute atomic E-state index is 0.656. The highest BCUT2D eigenvalue weighted by Gasteiger charge is 2.51. The lowest BCUT2D eigenvalue weighted by Crippen LogP contribution is -2.36. The first-order valence-electron chi connectivity index (χ1n) is 6.25. The number of hydrogen-bond donors (Lipinski definition) is 1. The third-order valence-corrected chi connectivity index (χ3v) is 3.79. The van der Waals surface area contributed by atoms with Gasteiger partial charge in [-0.1, -0.05) is 6.07 Å². The van der Waals surface area contributed by atoms with Crippen LogP contribution in [0.2, 0.25) is 0 Å². The molecule has 0 amide bonds. The summed E-state index contributed by atoms with van der Waals surface area (Å²) >= 11 is 0. The number of carbonyl (C=O) groups is 1. The van der Waals surface area contributed by atoms with Gasteiger partial charge < -0.3 is 14.7 Å². The fraction of sp³-hybridized carbons (Fsp3) is 0.538. The van der Waals surface area contributed by atoms with Crippen LogP contribution < -0.4 is 4.90 Å². The van der Waals surface area contributed by atoms with Crippen LogP contribution in [-0.2, 0) is 14.9 Å². The van der Waals surface area contributed by atoms with Crippen molar-refractivity contribution in [2.45, 2.75) is 18.3 Å². The van der Waals surface area contributed by atoms with Crippen LogP contribution in [0.25, 0.3) is 0 Å². The van der Waals surface area contributed by atoms with Gasteiger partial charge in [-0.2, -0.15) is 0 Å². The van der Waals surface area contributed by atoms with Crippen molar-refractivity contribution >= 4 is 11.8 Å². The molecule has 0 spiro atoms. The quantitative estimate of drug-likeness (QED) is 0.865. The maximum atomic E-state index is 11.2. The Balaban J connectivity index is 1.79. The Morgan fingerprint density at radius 3 is 2.56 bits per heavy atom. The van der Waals surface area contributed by atoms with Gasteiger partial charge in [0.25, 0.3) is 0 Å². The summed E-state index contributed by atoms with van der Waals surface area (Å²) in [6.07, 6.45) is 3.16. The molecule has 0 unspecified atom stereocenters. The second-order valence-corrected chi connectivity index (χ2v) is 4.89. The van der Waals surface area contributed by atoms with Crippen molar-refractivity contribution in [3.63, 3.8) is 0 Å². The Bertz CT molecular complexity index is 448. The van der Waals surface area contributed by atoms with Crippen LogP contribution in [0.3, 0.4) is 0 Å². The first kappa shape index (κ1) is 11.5. The second kappa shape index (κ2) is 4.24. The lowest BCUT2D eigenvalue weighted by atomic mass is 9.98.